The molecule has 1 fully saturated rings. The molecule has 0 spiro atoms. The Labute approximate surface area is 136 Å². The van der Waals surface area contributed by atoms with Crippen molar-refractivity contribution in [3.05, 3.63) is 34.2 Å². The van der Waals surface area contributed by atoms with Crippen molar-refractivity contribution in [2.45, 2.75) is 25.6 Å². The predicted molar refractivity (Wildman–Crippen MR) is 83.8 cm³/mol. The van der Waals surface area contributed by atoms with Gasteiger partial charge >= 0.3 is 5.69 Å². The number of hydrogen-bond acceptors (Lipinski definition) is 5. The fraction of sp³-hybridized carbons (Fsp3) is 0.312. The zero-order valence-corrected chi connectivity index (χ0v) is 12.7. The summed E-state index contributed by atoms with van der Waals surface area (Å²) in [5.74, 6) is 4.33. The number of aliphatic hydroxyl groups excluding tert-OH is 2. The Bertz CT molecular complexity index is 944. The standard InChI is InChI=1S/C16H15N3O5/c20-8-2-4-10-3-1-5-11-14(10)18(9-21)16(24)19(11)12-6-7-13(22)17-15(12)23/h1,3,5,12,20-21H,6-9H2,(H,17,22,23). The van der Waals surface area contributed by atoms with Gasteiger partial charge in [0.2, 0.25) is 11.8 Å². The second-order valence-electron chi connectivity index (χ2n) is 5.32. The maximum atomic E-state index is 12.7. The van der Waals surface area contributed by atoms with Crippen molar-refractivity contribution in [3.63, 3.8) is 0 Å². The molecule has 3 rings (SSSR count). The first kappa shape index (κ1) is 16.0. The monoisotopic (exact) mass is 329 g/mol. The Kier molecular flexibility index (Phi) is 4.20. The molecule has 1 aromatic carbocycles. The van der Waals surface area contributed by atoms with Gasteiger partial charge in [0.05, 0.1) is 16.6 Å². The van der Waals surface area contributed by atoms with Crippen molar-refractivity contribution in [1.82, 2.24) is 14.5 Å². The average molecular weight is 329 g/mol. The number of rotatable bonds is 2. The van der Waals surface area contributed by atoms with E-state index in [1.165, 1.54) is 4.57 Å². The van der Waals surface area contributed by atoms with Crippen molar-refractivity contribution in [3.8, 4) is 11.8 Å². The molecule has 1 aromatic heterocycles. The van der Waals surface area contributed by atoms with Crippen LogP contribution in [-0.4, -0.2) is 37.8 Å². The average Bonchev–Trinajstić information content (AvgIpc) is 2.85. The van der Waals surface area contributed by atoms with E-state index >= 15 is 0 Å². The molecular formula is C16H15N3O5. The first-order chi connectivity index (χ1) is 11.6. The molecule has 2 amide bonds. The topological polar surface area (TPSA) is 114 Å². The lowest BCUT2D eigenvalue weighted by Gasteiger charge is -2.21. The Morgan fingerprint density at radius 3 is 2.71 bits per heavy atom. The van der Waals surface area contributed by atoms with E-state index in [0.29, 0.717) is 16.6 Å². The molecule has 2 aromatic rings. The van der Waals surface area contributed by atoms with Crippen LogP contribution < -0.4 is 11.0 Å². The van der Waals surface area contributed by atoms with E-state index in [1.54, 1.807) is 18.2 Å². The summed E-state index contributed by atoms with van der Waals surface area (Å²) in [4.78, 5) is 36.1. The molecule has 24 heavy (non-hydrogen) atoms. The van der Waals surface area contributed by atoms with Gasteiger partial charge in [0.1, 0.15) is 19.4 Å². The molecule has 1 atom stereocenters. The molecule has 1 unspecified atom stereocenters. The van der Waals surface area contributed by atoms with Gasteiger partial charge in [0, 0.05) is 6.42 Å². The zero-order chi connectivity index (χ0) is 17.3. The van der Waals surface area contributed by atoms with Crippen molar-refractivity contribution in [2.75, 3.05) is 6.61 Å². The first-order valence-electron chi connectivity index (χ1n) is 7.36. The van der Waals surface area contributed by atoms with E-state index in [9.17, 15) is 19.5 Å². The molecule has 0 aliphatic carbocycles. The number of amides is 2. The third-order valence-electron chi connectivity index (χ3n) is 3.95. The Morgan fingerprint density at radius 2 is 2.04 bits per heavy atom. The van der Waals surface area contributed by atoms with Crippen molar-refractivity contribution < 1.29 is 19.8 Å². The summed E-state index contributed by atoms with van der Waals surface area (Å²) in [5.41, 5.74) is 0.725. The van der Waals surface area contributed by atoms with E-state index in [1.807, 2.05) is 0 Å². The number of fused-ring (bicyclic) bond motifs is 1. The molecule has 124 valence electrons. The normalized spacial score (nSPS) is 17.5. The maximum absolute atomic E-state index is 12.7. The highest BCUT2D eigenvalue weighted by molar-refractivity contribution is 6.00. The number of aromatic nitrogens is 2. The minimum Gasteiger partial charge on any atom is -0.384 e. The molecule has 2 heterocycles. The summed E-state index contributed by atoms with van der Waals surface area (Å²) in [5, 5.41) is 20.7. The van der Waals surface area contributed by atoms with E-state index < -0.39 is 24.4 Å². The van der Waals surface area contributed by atoms with Gasteiger partial charge in [-0.2, -0.15) is 0 Å². The molecule has 1 saturated heterocycles. The van der Waals surface area contributed by atoms with Gasteiger partial charge < -0.3 is 10.2 Å². The Morgan fingerprint density at radius 1 is 1.25 bits per heavy atom. The maximum Gasteiger partial charge on any atom is 0.331 e. The zero-order valence-electron chi connectivity index (χ0n) is 12.7. The molecule has 0 bridgehead atoms. The number of piperidine rings is 1. The largest absolute Gasteiger partial charge is 0.384 e. The van der Waals surface area contributed by atoms with Crippen LogP contribution in [0.5, 0.6) is 0 Å². The SMILES string of the molecule is O=C1CCC(n2c(=O)n(CO)c3c(C#CCO)cccc32)C(=O)N1. The summed E-state index contributed by atoms with van der Waals surface area (Å²) in [7, 11) is 0. The van der Waals surface area contributed by atoms with Crippen LogP contribution >= 0.6 is 0 Å². The number of carbonyl (C=O) groups excluding carboxylic acids is 2. The molecule has 8 nitrogen and oxygen atoms in total. The smallest absolute Gasteiger partial charge is 0.331 e. The van der Waals surface area contributed by atoms with Crippen LogP contribution in [0.4, 0.5) is 0 Å². The highest BCUT2D eigenvalue weighted by Crippen LogP contribution is 2.24. The number of nitrogens with zero attached hydrogens (tertiary/aromatic N) is 2. The van der Waals surface area contributed by atoms with Crippen LogP contribution in [0.1, 0.15) is 24.4 Å². The number of imidazole rings is 1. The number of aliphatic hydroxyl groups is 2. The first-order valence-corrected chi connectivity index (χ1v) is 7.36. The van der Waals surface area contributed by atoms with Gasteiger partial charge in [-0.05, 0) is 18.6 Å². The molecular weight excluding hydrogens is 314 g/mol. The lowest BCUT2D eigenvalue weighted by molar-refractivity contribution is -0.135. The second kappa shape index (κ2) is 6.31. The molecule has 8 heteroatoms. The molecule has 0 saturated carbocycles. The van der Waals surface area contributed by atoms with Gasteiger partial charge in [0.15, 0.2) is 0 Å². The number of para-hydroxylation sites is 1. The molecule has 1 aliphatic rings. The molecule has 3 N–H and O–H groups in total. The Hall–Kier alpha value is -2.89. The number of nitrogens with one attached hydrogen (secondary N) is 1. The summed E-state index contributed by atoms with van der Waals surface area (Å²) < 4.78 is 2.39. The lowest BCUT2D eigenvalue weighted by atomic mass is 10.1. The van der Waals surface area contributed by atoms with Crippen molar-refractivity contribution in [1.29, 1.82) is 0 Å². The molecule has 1 aliphatic heterocycles. The van der Waals surface area contributed by atoms with Gasteiger partial charge in [0.25, 0.3) is 0 Å². The number of imide groups is 1. The van der Waals surface area contributed by atoms with Crippen LogP contribution in [0.3, 0.4) is 0 Å². The minimum absolute atomic E-state index is 0.138. The molecule has 0 radical (unpaired) electrons. The van der Waals surface area contributed by atoms with Gasteiger partial charge in [-0.1, -0.05) is 17.9 Å². The third-order valence-corrected chi connectivity index (χ3v) is 3.95. The fourth-order valence-electron chi connectivity index (χ4n) is 2.93. The van der Waals surface area contributed by atoms with Crippen LogP contribution in [0, 0.1) is 11.8 Å². The Balaban J connectivity index is 2.26. The summed E-state index contributed by atoms with van der Waals surface area (Å²) in [6.45, 7) is -0.916. The van der Waals surface area contributed by atoms with Crippen LogP contribution in [0.15, 0.2) is 23.0 Å². The van der Waals surface area contributed by atoms with Crippen LogP contribution in [0.2, 0.25) is 0 Å². The second-order valence-corrected chi connectivity index (χ2v) is 5.32. The number of benzene rings is 1. The lowest BCUT2D eigenvalue weighted by Crippen LogP contribution is -2.44. The van der Waals surface area contributed by atoms with Crippen LogP contribution in [-0.2, 0) is 16.3 Å². The van der Waals surface area contributed by atoms with E-state index in [4.69, 9.17) is 5.11 Å². The number of carbonyl (C=O) groups is 2. The number of hydrogen-bond donors (Lipinski definition) is 3. The highest BCUT2D eigenvalue weighted by atomic mass is 16.3. The van der Waals surface area contributed by atoms with Crippen molar-refractivity contribution in [2.24, 2.45) is 0 Å². The summed E-state index contributed by atoms with van der Waals surface area (Å²) >= 11 is 0. The van der Waals surface area contributed by atoms with Crippen molar-refractivity contribution >= 4 is 22.8 Å². The summed E-state index contributed by atoms with van der Waals surface area (Å²) in [6.07, 6.45) is 0.348. The minimum atomic E-state index is -0.827. The third kappa shape index (κ3) is 2.50. The van der Waals surface area contributed by atoms with Crippen LogP contribution in [0.25, 0.3) is 11.0 Å². The van der Waals surface area contributed by atoms with Gasteiger partial charge in [-0.25, -0.2) is 4.79 Å². The van der Waals surface area contributed by atoms with E-state index in [-0.39, 0.29) is 25.4 Å². The van der Waals surface area contributed by atoms with Gasteiger partial charge in [-0.15, -0.1) is 0 Å². The van der Waals surface area contributed by atoms with E-state index in [2.05, 4.69) is 17.2 Å². The fourth-order valence-corrected chi connectivity index (χ4v) is 2.93. The summed E-state index contributed by atoms with van der Waals surface area (Å²) in [6, 6.07) is 4.15. The quantitative estimate of drug-likeness (QED) is 0.487. The highest BCUT2D eigenvalue weighted by Gasteiger charge is 2.31. The predicted octanol–water partition coefficient (Wildman–Crippen LogP) is -0.926. The van der Waals surface area contributed by atoms with Gasteiger partial charge in [-0.3, -0.25) is 24.0 Å². The van der Waals surface area contributed by atoms with E-state index in [0.717, 1.165) is 4.57 Å².